The second kappa shape index (κ2) is 13.0. The molecule has 0 atom stereocenters. The number of thiazole rings is 1. The van der Waals surface area contributed by atoms with E-state index in [1.54, 1.807) is 29.8 Å². The summed E-state index contributed by atoms with van der Waals surface area (Å²) in [6.45, 7) is 7.33. The number of likely N-dealkylation sites (N-methyl/N-ethyl adjacent to an activating group) is 1. The Morgan fingerprint density at radius 1 is 1.12 bits per heavy atom. The molecule has 2 aromatic carbocycles. The molecule has 5 nitrogen and oxygen atoms in total. The molecule has 0 aliphatic rings. The van der Waals surface area contributed by atoms with E-state index >= 15 is 0 Å². The second-order valence-electron chi connectivity index (χ2n) is 6.93. The predicted octanol–water partition coefficient (Wildman–Crippen LogP) is 5.72. The third-order valence-corrected chi connectivity index (χ3v) is 7.13. The van der Waals surface area contributed by atoms with Gasteiger partial charge in [0, 0.05) is 30.2 Å². The maximum absolute atomic E-state index is 14.2. The van der Waals surface area contributed by atoms with Crippen LogP contribution in [0.1, 0.15) is 20.3 Å². The summed E-state index contributed by atoms with van der Waals surface area (Å²) in [7, 11) is 1.64. The Bertz CT molecular complexity index is 997. The van der Waals surface area contributed by atoms with E-state index in [0.717, 1.165) is 35.0 Å². The van der Waals surface area contributed by atoms with E-state index in [1.165, 1.54) is 17.4 Å². The zero-order valence-electron chi connectivity index (χ0n) is 18.5. The van der Waals surface area contributed by atoms with Gasteiger partial charge in [-0.05, 0) is 49.5 Å². The minimum Gasteiger partial charge on any atom is -0.497 e. The Morgan fingerprint density at radius 2 is 1.84 bits per heavy atom. The SMILES string of the molecule is CCN(CC)CCN(C(=O)CCSc1ccc(OC)cc1)c1nc2c(F)cccc2s1.Cl. The molecule has 0 aliphatic carbocycles. The number of rotatable bonds is 11. The number of ether oxygens (including phenoxy) is 1. The zero-order valence-corrected chi connectivity index (χ0v) is 21.0. The van der Waals surface area contributed by atoms with Crippen molar-refractivity contribution in [1.29, 1.82) is 0 Å². The number of hydrogen-bond donors (Lipinski definition) is 0. The smallest absolute Gasteiger partial charge is 0.229 e. The molecule has 0 fully saturated rings. The van der Waals surface area contributed by atoms with Gasteiger partial charge in [-0.3, -0.25) is 9.69 Å². The molecule has 0 saturated carbocycles. The number of anilines is 1. The molecule has 1 aromatic heterocycles. The number of aromatic nitrogens is 1. The molecule has 3 rings (SSSR count). The molecule has 0 spiro atoms. The minimum absolute atomic E-state index is 0. The molecule has 0 N–H and O–H groups in total. The van der Waals surface area contributed by atoms with Crippen LogP contribution < -0.4 is 9.64 Å². The van der Waals surface area contributed by atoms with E-state index in [-0.39, 0.29) is 24.1 Å². The highest BCUT2D eigenvalue weighted by molar-refractivity contribution is 7.99. The average molecular weight is 498 g/mol. The summed E-state index contributed by atoms with van der Waals surface area (Å²) in [5.41, 5.74) is 0.329. The molecule has 0 saturated heterocycles. The first-order valence-corrected chi connectivity index (χ1v) is 12.2. The van der Waals surface area contributed by atoms with E-state index < -0.39 is 0 Å². The number of halogens is 2. The molecule has 0 aliphatic heterocycles. The van der Waals surface area contributed by atoms with Crippen LogP contribution in [0, 0.1) is 5.82 Å². The van der Waals surface area contributed by atoms with Crippen LogP contribution in [0.15, 0.2) is 47.4 Å². The summed E-state index contributed by atoms with van der Waals surface area (Å²) in [6.07, 6.45) is 0.382. The van der Waals surface area contributed by atoms with Gasteiger partial charge < -0.3 is 9.64 Å². The quantitative estimate of drug-likeness (QED) is 0.317. The van der Waals surface area contributed by atoms with Gasteiger partial charge >= 0.3 is 0 Å². The topological polar surface area (TPSA) is 45.7 Å². The number of thioether (sulfide) groups is 1. The molecular formula is C23H29ClFN3O2S2. The van der Waals surface area contributed by atoms with Crippen molar-refractivity contribution in [3.05, 3.63) is 48.3 Å². The van der Waals surface area contributed by atoms with E-state index in [9.17, 15) is 9.18 Å². The number of benzene rings is 2. The van der Waals surface area contributed by atoms with Crippen molar-refractivity contribution in [2.45, 2.75) is 25.2 Å². The number of methoxy groups -OCH3 is 1. The van der Waals surface area contributed by atoms with Crippen molar-refractivity contribution >= 4 is 56.8 Å². The van der Waals surface area contributed by atoms with Crippen LogP contribution in [-0.2, 0) is 4.79 Å². The maximum Gasteiger partial charge on any atom is 0.229 e. The third-order valence-electron chi connectivity index (χ3n) is 5.07. The van der Waals surface area contributed by atoms with E-state index in [2.05, 4.69) is 23.7 Å². The van der Waals surface area contributed by atoms with Crippen LogP contribution in [-0.4, -0.2) is 54.8 Å². The standard InChI is InChI=1S/C23H28FN3O2S2.ClH/c1-4-26(5-2)14-15-27(23-25-22-19(24)7-6-8-20(22)31-23)21(28)13-16-30-18-11-9-17(29-3)10-12-18;/h6-12H,4-5,13-16H2,1-3H3;1H. The van der Waals surface area contributed by atoms with Crippen LogP contribution in [0.5, 0.6) is 5.75 Å². The van der Waals surface area contributed by atoms with Crippen molar-refractivity contribution < 1.29 is 13.9 Å². The fourth-order valence-electron chi connectivity index (χ4n) is 3.19. The number of para-hydroxylation sites is 1. The Balaban J connectivity index is 0.00000363. The number of fused-ring (bicyclic) bond motifs is 1. The Hall–Kier alpha value is -1.87. The lowest BCUT2D eigenvalue weighted by Crippen LogP contribution is -2.39. The molecular weight excluding hydrogens is 469 g/mol. The lowest BCUT2D eigenvalue weighted by molar-refractivity contribution is -0.118. The second-order valence-corrected chi connectivity index (χ2v) is 9.11. The summed E-state index contributed by atoms with van der Waals surface area (Å²) in [5.74, 6) is 1.12. The van der Waals surface area contributed by atoms with E-state index in [1.807, 2.05) is 30.3 Å². The Labute approximate surface area is 203 Å². The largest absolute Gasteiger partial charge is 0.497 e. The summed E-state index contributed by atoms with van der Waals surface area (Å²) < 4.78 is 20.1. The molecule has 1 heterocycles. The van der Waals surface area contributed by atoms with Gasteiger partial charge in [0.25, 0.3) is 0 Å². The number of amides is 1. The van der Waals surface area contributed by atoms with Gasteiger partial charge in [-0.1, -0.05) is 31.3 Å². The highest BCUT2D eigenvalue weighted by Crippen LogP contribution is 2.31. The normalized spacial score (nSPS) is 10.9. The van der Waals surface area contributed by atoms with Crippen LogP contribution >= 0.6 is 35.5 Å². The molecule has 32 heavy (non-hydrogen) atoms. The Kier molecular flexibility index (Phi) is 10.7. The van der Waals surface area contributed by atoms with Crippen LogP contribution in [0.4, 0.5) is 9.52 Å². The van der Waals surface area contributed by atoms with Gasteiger partial charge in [0.05, 0.1) is 11.8 Å². The van der Waals surface area contributed by atoms with Crippen molar-refractivity contribution in [2.24, 2.45) is 0 Å². The molecule has 3 aromatic rings. The number of hydrogen-bond acceptors (Lipinski definition) is 6. The fourth-order valence-corrected chi connectivity index (χ4v) is 5.05. The monoisotopic (exact) mass is 497 g/mol. The third kappa shape index (κ3) is 6.81. The molecule has 0 radical (unpaired) electrons. The van der Waals surface area contributed by atoms with Crippen LogP contribution in [0.3, 0.4) is 0 Å². The number of carbonyl (C=O) groups is 1. The molecule has 9 heteroatoms. The Morgan fingerprint density at radius 3 is 2.47 bits per heavy atom. The highest BCUT2D eigenvalue weighted by atomic mass is 35.5. The van der Waals surface area contributed by atoms with Gasteiger partial charge in [0.15, 0.2) is 5.13 Å². The summed E-state index contributed by atoms with van der Waals surface area (Å²) >= 11 is 2.99. The first kappa shape index (κ1) is 26.4. The van der Waals surface area contributed by atoms with Crippen LogP contribution in [0.25, 0.3) is 10.2 Å². The van der Waals surface area contributed by atoms with Crippen molar-refractivity contribution in [2.75, 3.05) is 43.9 Å². The van der Waals surface area contributed by atoms with Gasteiger partial charge in [-0.15, -0.1) is 24.2 Å². The van der Waals surface area contributed by atoms with Gasteiger partial charge in [-0.2, -0.15) is 0 Å². The van der Waals surface area contributed by atoms with Gasteiger partial charge in [-0.25, -0.2) is 9.37 Å². The van der Waals surface area contributed by atoms with E-state index in [4.69, 9.17) is 4.74 Å². The molecule has 0 bridgehead atoms. The highest BCUT2D eigenvalue weighted by Gasteiger charge is 2.21. The number of nitrogens with zero attached hydrogens (tertiary/aromatic N) is 3. The molecule has 1 amide bonds. The summed E-state index contributed by atoms with van der Waals surface area (Å²) in [6, 6.07) is 12.7. The van der Waals surface area contributed by atoms with Crippen molar-refractivity contribution in [1.82, 2.24) is 9.88 Å². The summed E-state index contributed by atoms with van der Waals surface area (Å²) in [4.78, 5) is 22.7. The van der Waals surface area contributed by atoms with Gasteiger partial charge in [0.1, 0.15) is 17.1 Å². The maximum atomic E-state index is 14.2. The van der Waals surface area contributed by atoms with Crippen LogP contribution in [0.2, 0.25) is 0 Å². The van der Waals surface area contributed by atoms with Crippen molar-refractivity contribution in [3.8, 4) is 5.75 Å². The molecule has 0 unspecified atom stereocenters. The average Bonchev–Trinajstić information content (AvgIpc) is 3.22. The number of carbonyl (C=O) groups excluding carboxylic acids is 1. The van der Waals surface area contributed by atoms with Crippen molar-refractivity contribution in [3.63, 3.8) is 0 Å². The van der Waals surface area contributed by atoms with Gasteiger partial charge in [0.2, 0.25) is 5.91 Å². The fraction of sp³-hybridized carbons (Fsp3) is 0.391. The minimum atomic E-state index is -0.355. The molecule has 174 valence electrons. The first-order valence-electron chi connectivity index (χ1n) is 10.4. The van der Waals surface area contributed by atoms with E-state index in [0.29, 0.717) is 29.4 Å². The summed E-state index contributed by atoms with van der Waals surface area (Å²) in [5, 5.41) is 0.562. The first-order chi connectivity index (χ1) is 15.0. The zero-order chi connectivity index (χ0) is 22.2. The predicted molar refractivity (Wildman–Crippen MR) is 135 cm³/mol. The lowest BCUT2D eigenvalue weighted by atomic mass is 10.3. The lowest BCUT2D eigenvalue weighted by Gasteiger charge is -2.24.